The van der Waals surface area contributed by atoms with Crippen molar-refractivity contribution in [1.82, 2.24) is 0 Å². The predicted molar refractivity (Wildman–Crippen MR) is 90.4 cm³/mol. The van der Waals surface area contributed by atoms with Crippen molar-refractivity contribution in [2.24, 2.45) is 0 Å². The summed E-state index contributed by atoms with van der Waals surface area (Å²) in [5.41, 5.74) is 2.37. The number of nitriles is 1. The standard InChI is InChI=1S/C18H19NO4S/c1-12-4-6-16(7-5-12)24(21,22)17(10-19)14-8-13(2)18(23-3)15(9-14)11-20/h4-9,17,20H,11H2,1-3H3. The van der Waals surface area contributed by atoms with Crippen molar-refractivity contribution in [2.75, 3.05) is 7.11 Å². The van der Waals surface area contributed by atoms with Crippen LogP contribution in [-0.4, -0.2) is 20.6 Å². The molecular weight excluding hydrogens is 326 g/mol. The van der Waals surface area contributed by atoms with Crippen LogP contribution in [0.3, 0.4) is 0 Å². The average molecular weight is 345 g/mol. The van der Waals surface area contributed by atoms with Crippen LogP contribution in [0.25, 0.3) is 0 Å². The largest absolute Gasteiger partial charge is 0.496 e. The van der Waals surface area contributed by atoms with Crippen molar-refractivity contribution < 1.29 is 18.3 Å². The Morgan fingerprint density at radius 1 is 1.21 bits per heavy atom. The van der Waals surface area contributed by atoms with Crippen LogP contribution in [0.1, 0.15) is 27.5 Å². The number of nitrogens with zero attached hydrogens (tertiary/aromatic N) is 1. The van der Waals surface area contributed by atoms with E-state index in [4.69, 9.17) is 4.74 Å². The zero-order chi connectivity index (χ0) is 17.9. The molecule has 0 aliphatic rings. The Morgan fingerprint density at radius 2 is 1.83 bits per heavy atom. The number of aliphatic hydroxyl groups is 1. The fourth-order valence-corrected chi connectivity index (χ4v) is 4.05. The van der Waals surface area contributed by atoms with Gasteiger partial charge in [-0.25, -0.2) is 8.42 Å². The number of rotatable bonds is 5. The third-order valence-corrected chi connectivity index (χ3v) is 5.76. The van der Waals surface area contributed by atoms with Gasteiger partial charge in [-0.2, -0.15) is 5.26 Å². The minimum atomic E-state index is -3.87. The van der Waals surface area contributed by atoms with Crippen LogP contribution in [-0.2, 0) is 16.4 Å². The predicted octanol–water partition coefficient (Wildman–Crippen LogP) is 2.84. The molecule has 0 fully saturated rings. The summed E-state index contributed by atoms with van der Waals surface area (Å²) in [7, 11) is -2.39. The zero-order valence-electron chi connectivity index (χ0n) is 13.8. The number of methoxy groups -OCH3 is 1. The van der Waals surface area contributed by atoms with Gasteiger partial charge < -0.3 is 9.84 Å². The Kier molecular flexibility index (Phi) is 5.27. The molecule has 0 saturated carbocycles. The normalized spacial score (nSPS) is 12.5. The molecule has 5 nitrogen and oxygen atoms in total. The van der Waals surface area contributed by atoms with Crippen molar-refractivity contribution in [1.29, 1.82) is 5.26 Å². The van der Waals surface area contributed by atoms with Gasteiger partial charge in [0.1, 0.15) is 5.75 Å². The maximum Gasteiger partial charge on any atom is 0.198 e. The van der Waals surface area contributed by atoms with Gasteiger partial charge in [0.2, 0.25) is 0 Å². The fraction of sp³-hybridized carbons (Fsp3) is 0.278. The molecular formula is C18H19NO4S. The summed E-state index contributed by atoms with van der Waals surface area (Å²) in [6.07, 6.45) is 0. The van der Waals surface area contributed by atoms with E-state index in [-0.39, 0.29) is 11.5 Å². The quantitative estimate of drug-likeness (QED) is 0.900. The number of aliphatic hydroxyl groups excluding tert-OH is 1. The summed E-state index contributed by atoms with van der Waals surface area (Å²) in [6, 6.07) is 11.4. The minimum absolute atomic E-state index is 0.0960. The van der Waals surface area contributed by atoms with Gasteiger partial charge in [0.25, 0.3) is 0 Å². The topological polar surface area (TPSA) is 87.4 Å². The molecule has 0 spiro atoms. The molecule has 0 aliphatic carbocycles. The highest BCUT2D eigenvalue weighted by Crippen LogP contribution is 2.33. The van der Waals surface area contributed by atoms with E-state index in [9.17, 15) is 18.8 Å². The first-order valence-electron chi connectivity index (χ1n) is 7.33. The number of hydrogen-bond donors (Lipinski definition) is 1. The van der Waals surface area contributed by atoms with Crippen molar-refractivity contribution in [3.8, 4) is 11.8 Å². The lowest BCUT2D eigenvalue weighted by Gasteiger charge is -2.16. The van der Waals surface area contributed by atoms with Crippen molar-refractivity contribution in [3.05, 3.63) is 58.7 Å². The van der Waals surface area contributed by atoms with E-state index >= 15 is 0 Å². The molecule has 1 unspecified atom stereocenters. The molecule has 2 aromatic carbocycles. The van der Waals surface area contributed by atoms with Gasteiger partial charge >= 0.3 is 0 Å². The Hall–Kier alpha value is -2.36. The van der Waals surface area contributed by atoms with Crippen LogP contribution in [0.2, 0.25) is 0 Å². The van der Waals surface area contributed by atoms with Gasteiger partial charge in [-0.1, -0.05) is 23.8 Å². The van der Waals surface area contributed by atoms with Crippen molar-refractivity contribution in [3.63, 3.8) is 0 Å². The highest BCUT2D eigenvalue weighted by atomic mass is 32.2. The number of ether oxygens (including phenoxy) is 1. The van der Waals surface area contributed by atoms with Gasteiger partial charge in [0.05, 0.1) is 24.7 Å². The average Bonchev–Trinajstić information content (AvgIpc) is 2.55. The van der Waals surface area contributed by atoms with Gasteiger partial charge in [-0.05, 0) is 43.2 Å². The van der Waals surface area contributed by atoms with E-state index in [1.165, 1.54) is 25.3 Å². The monoisotopic (exact) mass is 345 g/mol. The Balaban J connectivity index is 2.58. The third kappa shape index (κ3) is 3.28. The van der Waals surface area contributed by atoms with Crippen molar-refractivity contribution in [2.45, 2.75) is 30.6 Å². The molecule has 0 aromatic heterocycles. The Morgan fingerprint density at radius 3 is 2.33 bits per heavy atom. The van der Waals surface area contributed by atoms with Crippen LogP contribution in [0.15, 0.2) is 41.3 Å². The summed E-state index contributed by atoms with van der Waals surface area (Å²) in [5, 5.41) is 17.6. The summed E-state index contributed by atoms with van der Waals surface area (Å²) in [6.45, 7) is 3.30. The van der Waals surface area contributed by atoms with E-state index in [2.05, 4.69) is 0 Å². The minimum Gasteiger partial charge on any atom is -0.496 e. The third-order valence-electron chi connectivity index (χ3n) is 3.83. The second-order valence-electron chi connectivity index (χ2n) is 5.56. The highest BCUT2D eigenvalue weighted by Gasteiger charge is 2.30. The number of hydrogen-bond acceptors (Lipinski definition) is 5. The van der Waals surface area contributed by atoms with E-state index in [0.717, 1.165) is 5.56 Å². The summed E-state index contributed by atoms with van der Waals surface area (Å²) >= 11 is 0. The van der Waals surface area contributed by atoms with Crippen LogP contribution >= 0.6 is 0 Å². The Bertz CT molecular complexity index is 880. The molecule has 2 aromatic rings. The molecule has 0 bridgehead atoms. The van der Waals surface area contributed by atoms with E-state index in [0.29, 0.717) is 22.4 Å². The fourth-order valence-electron chi connectivity index (χ4n) is 2.63. The molecule has 126 valence electrons. The summed E-state index contributed by atoms with van der Waals surface area (Å²) < 4.78 is 30.9. The summed E-state index contributed by atoms with van der Waals surface area (Å²) in [5.74, 6) is 0.491. The van der Waals surface area contributed by atoms with E-state index in [1.807, 2.05) is 13.0 Å². The first-order valence-corrected chi connectivity index (χ1v) is 8.88. The lowest BCUT2D eigenvalue weighted by molar-refractivity contribution is 0.273. The molecule has 0 saturated heterocycles. The first-order chi connectivity index (χ1) is 11.3. The smallest absolute Gasteiger partial charge is 0.198 e. The van der Waals surface area contributed by atoms with E-state index < -0.39 is 15.1 Å². The maximum absolute atomic E-state index is 12.8. The van der Waals surface area contributed by atoms with Crippen LogP contribution in [0.4, 0.5) is 0 Å². The molecule has 2 rings (SSSR count). The van der Waals surface area contributed by atoms with Crippen LogP contribution in [0, 0.1) is 25.2 Å². The molecule has 0 radical (unpaired) electrons. The SMILES string of the molecule is COc1c(C)cc(C(C#N)S(=O)(=O)c2ccc(C)cc2)cc1CO. The van der Waals surface area contributed by atoms with E-state index in [1.54, 1.807) is 25.1 Å². The Labute approximate surface area is 142 Å². The first kappa shape index (κ1) is 18.0. The zero-order valence-corrected chi connectivity index (χ0v) is 14.6. The molecule has 1 atom stereocenters. The van der Waals surface area contributed by atoms with Crippen LogP contribution in [0.5, 0.6) is 5.75 Å². The number of sulfone groups is 1. The van der Waals surface area contributed by atoms with Gasteiger partial charge in [0.15, 0.2) is 15.1 Å². The summed E-state index contributed by atoms with van der Waals surface area (Å²) in [4.78, 5) is 0.0960. The van der Waals surface area contributed by atoms with Gasteiger partial charge in [-0.3, -0.25) is 0 Å². The molecule has 24 heavy (non-hydrogen) atoms. The number of benzene rings is 2. The van der Waals surface area contributed by atoms with Crippen LogP contribution < -0.4 is 4.74 Å². The second kappa shape index (κ2) is 7.04. The molecule has 0 heterocycles. The van der Waals surface area contributed by atoms with Crippen molar-refractivity contribution >= 4 is 9.84 Å². The lowest BCUT2D eigenvalue weighted by atomic mass is 10.0. The maximum atomic E-state index is 12.8. The second-order valence-corrected chi connectivity index (χ2v) is 7.59. The molecule has 1 N–H and O–H groups in total. The molecule has 6 heteroatoms. The number of aryl methyl sites for hydroxylation is 2. The highest BCUT2D eigenvalue weighted by molar-refractivity contribution is 7.92. The van der Waals surface area contributed by atoms with Gasteiger partial charge in [0, 0.05) is 5.56 Å². The molecule has 0 aliphatic heterocycles. The van der Waals surface area contributed by atoms with Gasteiger partial charge in [-0.15, -0.1) is 0 Å². The molecule has 0 amide bonds. The lowest BCUT2D eigenvalue weighted by Crippen LogP contribution is -2.13.